The lowest BCUT2D eigenvalue weighted by atomic mass is 9.91. The summed E-state index contributed by atoms with van der Waals surface area (Å²) >= 11 is 0. The molecule has 3 atom stereocenters. The molecule has 0 radical (unpaired) electrons. The van der Waals surface area contributed by atoms with Gasteiger partial charge in [0.25, 0.3) is 11.5 Å². The number of aromatic nitrogens is 1. The van der Waals surface area contributed by atoms with Gasteiger partial charge in [-0.15, -0.1) is 0 Å². The minimum Gasteiger partial charge on any atom is -0.467 e. The van der Waals surface area contributed by atoms with Crippen molar-refractivity contribution in [2.45, 2.75) is 49.5 Å². The summed E-state index contributed by atoms with van der Waals surface area (Å²) in [5, 5.41) is 3.22. The third-order valence-electron chi connectivity index (χ3n) is 8.64. The molecule has 0 amide bonds. The van der Waals surface area contributed by atoms with Crippen molar-refractivity contribution in [2.24, 2.45) is 0 Å². The van der Waals surface area contributed by atoms with Crippen molar-refractivity contribution >= 4 is 16.8 Å². The van der Waals surface area contributed by atoms with Crippen LogP contribution in [0.3, 0.4) is 0 Å². The van der Waals surface area contributed by atoms with Gasteiger partial charge in [-0.3, -0.25) is 13.6 Å². The lowest BCUT2D eigenvalue weighted by Crippen LogP contribution is -2.37. The highest BCUT2D eigenvalue weighted by Gasteiger charge is 2.41. The lowest BCUT2D eigenvalue weighted by molar-refractivity contribution is -0.145. The molecule has 1 aromatic heterocycles. The number of fused-ring (bicyclic) bond motifs is 1. The Hall–Kier alpha value is -4.27. The van der Waals surface area contributed by atoms with Crippen LogP contribution in [0.1, 0.15) is 52.4 Å². The van der Waals surface area contributed by atoms with Gasteiger partial charge in [0.1, 0.15) is 17.5 Å². The number of pyridine rings is 1. The molecule has 2 heterocycles. The van der Waals surface area contributed by atoms with E-state index in [0.29, 0.717) is 12.5 Å². The quantitative estimate of drug-likeness (QED) is 0.0978. The molecule has 50 heavy (non-hydrogen) atoms. The Labute approximate surface area is 286 Å². The van der Waals surface area contributed by atoms with Gasteiger partial charge in [0.2, 0.25) is 0 Å². The van der Waals surface area contributed by atoms with Crippen molar-refractivity contribution in [1.29, 1.82) is 0 Å². The molecule has 266 valence electrons. The zero-order valence-corrected chi connectivity index (χ0v) is 28.1. The van der Waals surface area contributed by atoms with Crippen LogP contribution in [0.5, 0.6) is 0 Å². The molecular weight excluding hydrogens is 686 g/mol. The van der Waals surface area contributed by atoms with Crippen molar-refractivity contribution in [3.8, 4) is 11.1 Å². The van der Waals surface area contributed by atoms with Gasteiger partial charge in [-0.1, -0.05) is 54.6 Å². The number of carbonyl (C=O) groups is 1. The number of nitrogens with zero attached hydrogens (tertiary/aromatic N) is 1. The smallest absolute Gasteiger partial charge is 0.416 e. The highest BCUT2D eigenvalue weighted by molar-refractivity contribution is 7.85. The van der Waals surface area contributed by atoms with Crippen molar-refractivity contribution in [2.75, 3.05) is 32.6 Å². The monoisotopic (exact) mass is 720 g/mol. The maximum atomic E-state index is 15.3. The summed E-state index contributed by atoms with van der Waals surface area (Å²) in [5.41, 5.74) is -2.24. The second-order valence-corrected chi connectivity index (χ2v) is 13.3. The fourth-order valence-corrected chi connectivity index (χ4v) is 7.99. The maximum absolute atomic E-state index is 15.3. The molecule has 5 rings (SSSR count). The van der Waals surface area contributed by atoms with Crippen molar-refractivity contribution < 1.29 is 44.8 Å². The Morgan fingerprint density at radius 2 is 1.72 bits per heavy atom. The molecule has 0 bridgehead atoms. The van der Waals surface area contributed by atoms with Crippen molar-refractivity contribution in [1.82, 2.24) is 9.88 Å². The molecule has 0 spiro atoms. The van der Waals surface area contributed by atoms with Crippen LogP contribution in [0.25, 0.3) is 11.1 Å². The normalized spacial score (nSPS) is 16.7. The van der Waals surface area contributed by atoms with Gasteiger partial charge in [0.15, 0.2) is 0 Å². The highest BCUT2D eigenvalue weighted by atomic mass is 32.2. The van der Waals surface area contributed by atoms with Gasteiger partial charge in [-0.2, -0.15) is 13.2 Å². The number of rotatable bonds is 12. The van der Waals surface area contributed by atoms with E-state index in [4.69, 9.17) is 4.74 Å². The first kappa shape index (κ1) is 37.0. The van der Waals surface area contributed by atoms with Gasteiger partial charge in [0, 0.05) is 31.0 Å². The van der Waals surface area contributed by atoms with E-state index < -0.39 is 75.4 Å². The molecule has 0 saturated carbocycles. The standard InChI is InChI=1S/C36H34F6N2O5S/c1-21-25(18-26-27(36(40,41)42)13-8-14-28(26)37)34-44(33(46)31(21)23-11-7-12-24(17-23)35(2,38)39)29(20-50(34)47)32(22-9-5-4-6-10-22)43-15-16-49-19-30(45)48-3/h4-14,17,29,32,43H,15-16,18-20H2,1-3H3. The van der Waals surface area contributed by atoms with Crippen LogP contribution in [-0.4, -0.2) is 47.4 Å². The number of benzene rings is 3. The molecule has 1 aliphatic heterocycles. The van der Waals surface area contributed by atoms with E-state index in [0.717, 1.165) is 24.3 Å². The summed E-state index contributed by atoms with van der Waals surface area (Å²) in [4.78, 5) is 26.1. The summed E-state index contributed by atoms with van der Waals surface area (Å²) in [6.45, 7) is 2.04. The molecule has 0 saturated heterocycles. The molecule has 7 nitrogen and oxygen atoms in total. The number of ether oxygens (including phenoxy) is 2. The van der Waals surface area contributed by atoms with Crippen LogP contribution in [0.2, 0.25) is 0 Å². The van der Waals surface area contributed by atoms with Crippen LogP contribution in [0, 0.1) is 12.7 Å². The van der Waals surface area contributed by atoms with Crippen LogP contribution in [0.15, 0.2) is 82.6 Å². The van der Waals surface area contributed by atoms with Gasteiger partial charge < -0.3 is 14.8 Å². The Morgan fingerprint density at radius 1 is 1.02 bits per heavy atom. The van der Waals surface area contributed by atoms with E-state index in [1.54, 1.807) is 30.3 Å². The molecule has 14 heteroatoms. The summed E-state index contributed by atoms with van der Waals surface area (Å²) < 4.78 is 112. The zero-order valence-electron chi connectivity index (χ0n) is 27.3. The van der Waals surface area contributed by atoms with Crippen LogP contribution in [0.4, 0.5) is 26.3 Å². The Balaban J connectivity index is 1.72. The first-order valence-electron chi connectivity index (χ1n) is 15.6. The van der Waals surface area contributed by atoms with E-state index in [1.807, 2.05) is 0 Å². The predicted molar refractivity (Wildman–Crippen MR) is 175 cm³/mol. The molecule has 1 N–H and O–H groups in total. The SMILES string of the molecule is COC(=O)COCCNC(c1ccccc1)C1CS(=O)c2c(Cc3c(F)cccc3C(F)(F)F)c(C)c(-c3cccc(C(C)(F)F)c3)c(=O)n21. The number of alkyl halides is 5. The van der Waals surface area contributed by atoms with Crippen molar-refractivity contribution in [3.05, 3.63) is 122 Å². The third kappa shape index (κ3) is 7.72. The largest absolute Gasteiger partial charge is 0.467 e. The Kier molecular flexibility index (Phi) is 11.0. The van der Waals surface area contributed by atoms with E-state index in [1.165, 1.54) is 36.8 Å². The molecule has 0 aliphatic carbocycles. The van der Waals surface area contributed by atoms with Gasteiger partial charge in [-0.25, -0.2) is 18.0 Å². The molecular formula is C36H34F6N2O5S. The topological polar surface area (TPSA) is 86.6 Å². The molecule has 3 unspecified atom stereocenters. The summed E-state index contributed by atoms with van der Waals surface area (Å²) in [6, 6.07) is 14.9. The minimum absolute atomic E-state index is 0.0259. The Bertz CT molecular complexity index is 1960. The van der Waals surface area contributed by atoms with Gasteiger partial charge >= 0.3 is 12.1 Å². The summed E-state index contributed by atoms with van der Waals surface area (Å²) in [6.07, 6.45) is -5.60. The number of methoxy groups -OCH3 is 1. The minimum atomic E-state index is -4.93. The molecule has 0 fully saturated rings. The second kappa shape index (κ2) is 14.9. The summed E-state index contributed by atoms with van der Waals surface area (Å²) in [5.74, 6) is -5.15. The number of esters is 1. The fraction of sp³-hybridized carbons (Fsp3) is 0.333. The van der Waals surface area contributed by atoms with Crippen LogP contribution in [-0.2, 0) is 43.6 Å². The first-order chi connectivity index (χ1) is 23.6. The number of hydrogen-bond donors (Lipinski definition) is 1. The van der Waals surface area contributed by atoms with Crippen LogP contribution < -0.4 is 10.9 Å². The van der Waals surface area contributed by atoms with E-state index in [-0.39, 0.29) is 52.8 Å². The van der Waals surface area contributed by atoms with E-state index >= 15 is 4.39 Å². The maximum Gasteiger partial charge on any atom is 0.416 e. The fourth-order valence-electron chi connectivity index (χ4n) is 6.25. The second-order valence-electron chi connectivity index (χ2n) is 11.9. The first-order valence-corrected chi connectivity index (χ1v) is 16.9. The van der Waals surface area contributed by atoms with Gasteiger partial charge in [-0.05, 0) is 47.4 Å². The Morgan fingerprint density at radius 3 is 2.38 bits per heavy atom. The predicted octanol–water partition coefficient (Wildman–Crippen LogP) is 6.87. The van der Waals surface area contributed by atoms with E-state index in [2.05, 4.69) is 10.1 Å². The average molecular weight is 721 g/mol. The van der Waals surface area contributed by atoms with Crippen molar-refractivity contribution in [3.63, 3.8) is 0 Å². The number of carbonyl (C=O) groups excluding carboxylic acids is 1. The number of hydrogen-bond acceptors (Lipinski definition) is 6. The number of halogens is 6. The van der Waals surface area contributed by atoms with E-state index in [9.17, 15) is 35.8 Å². The molecule has 4 aromatic rings. The average Bonchev–Trinajstić information content (AvgIpc) is 3.41. The third-order valence-corrected chi connectivity index (χ3v) is 10.2. The number of nitrogens with one attached hydrogen (secondary N) is 1. The summed E-state index contributed by atoms with van der Waals surface area (Å²) in [7, 11) is -0.738. The molecule has 3 aromatic carbocycles. The zero-order chi connectivity index (χ0) is 36.4. The lowest BCUT2D eigenvalue weighted by Gasteiger charge is -2.28. The molecule has 1 aliphatic rings. The highest BCUT2D eigenvalue weighted by Crippen LogP contribution is 2.41. The van der Waals surface area contributed by atoms with Gasteiger partial charge in [0.05, 0.1) is 53.5 Å². The van der Waals surface area contributed by atoms with Crippen LogP contribution >= 0.6 is 0 Å².